The van der Waals surface area contributed by atoms with Gasteiger partial charge in [0.25, 0.3) is 5.56 Å². The fraction of sp³-hybridized carbons (Fsp3) is 0.348. The lowest BCUT2D eigenvalue weighted by Gasteiger charge is -2.20. The molecular weight excluding hydrogens is 416 g/mol. The van der Waals surface area contributed by atoms with Gasteiger partial charge in [0.2, 0.25) is 5.91 Å². The van der Waals surface area contributed by atoms with Crippen molar-refractivity contribution in [2.75, 3.05) is 19.0 Å². The van der Waals surface area contributed by atoms with Crippen LogP contribution in [0.15, 0.2) is 29.1 Å². The van der Waals surface area contributed by atoms with E-state index < -0.39 is 17.9 Å². The van der Waals surface area contributed by atoms with E-state index in [4.69, 9.17) is 9.47 Å². The number of amides is 1. The van der Waals surface area contributed by atoms with Crippen LogP contribution < -0.4 is 15.6 Å². The summed E-state index contributed by atoms with van der Waals surface area (Å²) in [5, 5.41) is 4.08. The zero-order valence-corrected chi connectivity index (χ0v) is 19.3. The third-order valence-corrected chi connectivity index (χ3v) is 6.45. The van der Waals surface area contributed by atoms with E-state index in [2.05, 4.69) is 5.32 Å². The Kier molecular flexibility index (Phi) is 6.50. The summed E-state index contributed by atoms with van der Waals surface area (Å²) in [5.41, 5.74) is 2.18. The van der Waals surface area contributed by atoms with E-state index in [0.717, 1.165) is 21.4 Å². The van der Waals surface area contributed by atoms with Crippen LogP contribution in [0.25, 0.3) is 10.9 Å². The topological polar surface area (TPSA) is 86.6 Å². The number of carbonyl (C=O) groups is 2. The number of aryl methyl sites for hydroxylation is 2. The molecule has 3 rings (SSSR count). The number of nitrogens with zero attached hydrogens (tertiary/aromatic N) is 1. The van der Waals surface area contributed by atoms with Crippen LogP contribution in [0.1, 0.15) is 46.3 Å². The molecule has 8 heteroatoms. The average Bonchev–Trinajstić information content (AvgIpc) is 3.00. The number of thiophene rings is 1. The maximum Gasteiger partial charge on any atom is 0.341 e. The Morgan fingerprint density at radius 3 is 2.58 bits per heavy atom. The zero-order valence-electron chi connectivity index (χ0n) is 18.5. The van der Waals surface area contributed by atoms with Crippen LogP contribution in [-0.4, -0.2) is 30.2 Å². The van der Waals surface area contributed by atoms with Gasteiger partial charge in [0.1, 0.15) is 16.8 Å². The van der Waals surface area contributed by atoms with Gasteiger partial charge in [-0.3, -0.25) is 14.2 Å². The number of benzene rings is 1. The lowest BCUT2D eigenvalue weighted by Crippen LogP contribution is -2.32. The largest absolute Gasteiger partial charge is 0.495 e. The van der Waals surface area contributed by atoms with E-state index in [1.165, 1.54) is 29.1 Å². The molecule has 2 aromatic heterocycles. The zero-order chi connectivity index (χ0) is 22.9. The Hall–Kier alpha value is -3.13. The first-order valence-corrected chi connectivity index (χ1v) is 10.8. The second-order valence-corrected chi connectivity index (χ2v) is 8.49. The standard InChI is InChI=1S/C23H26N2O5S/c1-7-30-23(28)19-13(3)15(5)31-22(19)24-21(27)14(4)25-18(26)11-12(2)16-9-8-10-17(29-6)20(16)25/h8-11,14H,7H2,1-6H3,(H,24,27). The molecule has 164 valence electrons. The normalized spacial score (nSPS) is 11.9. The van der Waals surface area contributed by atoms with Crippen LogP contribution in [-0.2, 0) is 9.53 Å². The second kappa shape index (κ2) is 8.93. The summed E-state index contributed by atoms with van der Waals surface area (Å²) < 4.78 is 12.1. The van der Waals surface area contributed by atoms with Gasteiger partial charge >= 0.3 is 5.97 Å². The van der Waals surface area contributed by atoms with Crippen molar-refractivity contribution in [2.45, 2.75) is 40.7 Å². The third kappa shape index (κ3) is 4.07. The van der Waals surface area contributed by atoms with Gasteiger partial charge < -0.3 is 14.8 Å². The molecule has 0 saturated heterocycles. The van der Waals surface area contributed by atoms with Gasteiger partial charge in [-0.15, -0.1) is 11.3 Å². The van der Waals surface area contributed by atoms with Gasteiger partial charge in [0.05, 0.1) is 24.8 Å². The molecule has 31 heavy (non-hydrogen) atoms. The van der Waals surface area contributed by atoms with Crippen LogP contribution in [0.3, 0.4) is 0 Å². The quantitative estimate of drug-likeness (QED) is 0.573. The van der Waals surface area contributed by atoms with E-state index in [0.29, 0.717) is 21.8 Å². The summed E-state index contributed by atoms with van der Waals surface area (Å²) in [6, 6.07) is 6.15. The van der Waals surface area contributed by atoms with Gasteiger partial charge in [-0.1, -0.05) is 12.1 Å². The Bertz CT molecular complexity index is 1220. The lowest BCUT2D eigenvalue weighted by atomic mass is 10.1. The number of anilines is 1. The fourth-order valence-corrected chi connectivity index (χ4v) is 4.63. The predicted molar refractivity (Wildman–Crippen MR) is 123 cm³/mol. The molecule has 1 atom stereocenters. The first-order valence-electron chi connectivity index (χ1n) is 9.98. The van der Waals surface area contributed by atoms with Crippen molar-refractivity contribution in [3.05, 3.63) is 56.2 Å². The number of hydrogen-bond donors (Lipinski definition) is 1. The number of rotatable bonds is 6. The van der Waals surface area contributed by atoms with E-state index in [1.807, 2.05) is 32.9 Å². The summed E-state index contributed by atoms with van der Waals surface area (Å²) in [7, 11) is 1.53. The highest BCUT2D eigenvalue weighted by Gasteiger charge is 2.26. The first-order chi connectivity index (χ1) is 14.7. The molecule has 1 amide bonds. The first kappa shape index (κ1) is 22.6. The number of para-hydroxylation sites is 1. The number of nitrogens with one attached hydrogen (secondary N) is 1. The molecule has 0 fully saturated rings. The monoisotopic (exact) mass is 442 g/mol. The molecule has 0 spiro atoms. The number of pyridine rings is 1. The summed E-state index contributed by atoms with van der Waals surface area (Å²) in [6.07, 6.45) is 0. The average molecular weight is 443 g/mol. The molecule has 0 bridgehead atoms. The van der Waals surface area contributed by atoms with Crippen molar-refractivity contribution in [3.63, 3.8) is 0 Å². The molecule has 0 saturated carbocycles. The Balaban J connectivity index is 2.07. The van der Waals surface area contributed by atoms with Gasteiger partial charge in [-0.2, -0.15) is 0 Å². The number of esters is 1. The van der Waals surface area contributed by atoms with Crippen molar-refractivity contribution >= 4 is 39.1 Å². The summed E-state index contributed by atoms with van der Waals surface area (Å²) in [5.74, 6) is -0.384. The van der Waals surface area contributed by atoms with Crippen LogP contribution in [0.5, 0.6) is 5.75 Å². The Labute approximate surface area is 184 Å². The maximum absolute atomic E-state index is 13.2. The molecule has 0 aliphatic rings. The number of fused-ring (bicyclic) bond motifs is 1. The van der Waals surface area contributed by atoms with Gasteiger partial charge in [0.15, 0.2) is 0 Å². The smallest absolute Gasteiger partial charge is 0.341 e. The number of ether oxygens (including phenoxy) is 2. The molecule has 7 nitrogen and oxygen atoms in total. The van der Waals surface area contributed by atoms with Crippen molar-refractivity contribution in [1.29, 1.82) is 0 Å². The summed E-state index contributed by atoms with van der Waals surface area (Å²) >= 11 is 1.31. The molecular formula is C23H26N2O5S. The van der Waals surface area contributed by atoms with Crippen LogP contribution in [0.2, 0.25) is 0 Å². The van der Waals surface area contributed by atoms with Gasteiger partial charge in [-0.05, 0) is 51.8 Å². The van der Waals surface area contributed by atoms with Gasteiger partial charge in [-0.25, -0.2) is 4.79 Å². The van der Waals surface area contributed by atoms with E-state index in [-0.39, 0.29) is 12.2 Å². The third-order valence-electron chi connectivity index (χ3n) is 5.33. The highest BCUT2D eigenvalue weighted by atomic mass is 32.1. The van der Waals surface area contributed by atoms with Crippen LogP contribution >= 0.6 is 11.3 Å². The van der Waals surface area contributed by atoms with Crippen LogP contribution in [0.4, 0.5) is 5.00 Å². The molecule has 0 aliphatic carbocycles. The second-order valence-electron chi connectivity index (χ2n) is 7.27. The molecule has 1 unspecified atom stereocenters. The molecule has 1 aromatic carbocycles. The Morgan fingerprint density at radius 1 is 1.23 bits per heavy atom. The summed E-state index contributed by atoms with van der Waals surface area (Å²) in [6.45, 7) is 9.16. The number of aromatic nitrogens is 1. The van der Waals surface area contributed by atoms with Crippen molar-refractivity contribution in [2.24, 2.45) is 0 Å². The SMILES string of the molecule is CCOC(=O)c1c(NC(=O)C(C)n2c(=O)cc(C)c3cccc(OC)c32)sc(C)c1C. The maximum atomic E-state index is 13.2. The van der Waals surface area contributed by atoms with Crippen molar-refractivity contribution in [3.8, 4) is 5.75 Å². The highest BCUT2D eigenvalue weighted by Crippen LogP contribution is 2.34. The molecule has 3 aromatic rings. The number of hydrogen-bond acceptors (Lipinski definition) is 6. The van der Waals surface area contributed by atoms with Gasteiger partial charge in [0, 0.05) is 16.3 Å². The van der Waals surface area contributed by atoms with Crippen molar-refractivity contribution in [1.82, 2.24) is 4.57 Å². The van der Waals surface area contributed by atoms with E-state index in [9.17, 15) is 14.4 Å². The minimum absolute atomic E-state index is 0.238. The summed E-state index contributed by atoms with van der Waals surface area (Å²) in [4.78, 5) is 39.4. The van der Waals surface area contributed by atoms with E-state index in [1.54, 1.807) is 19.9 Å². The molecule has 1 N–H and O–H groups in total. The fourth-order valence-electron chi connectivity index (χ4n) is 3.58. The predicted octanol–water partition coefficient (Wildman–Crippen LogP) is 4.37. The molecule has 0 aliphatic heterocycles. The Morgan fingerprint density at radius 2 is 1.94 bits per heavy atom. The van der Waals surface area contributed by atoms with Crippen molar-refractivity contribution < 1.29 is 19.1 Å². The number of methoxy groups -OCH3 is 1. The lowest BCUT2D eigenvalue weighted by molar-refractivity contribution is -0.118. The highest BCUT2D eigenvalue weighted by molar-refractivity contribution is 7.16. The number of carbonyl (C=O) groups excluding carboxylic acids is 2. The minimum atomic E-state index is -0.843. The van der Waals surface area contributed by atoms with Crippen LogP contribution in [0, 0.1) is 20.8 Å². The molecule has 0 radical (unpaired) electrons. The minimum Gasteiger partial charge on any atom is -0.495 e. The van der Waals surface area contributed by atoms with E-state index >= 15 is 0 Å². The molecule has 2 heterocycles.